The van der Waals surface area contributed by atoms with Crippen LogP contribution in [0.5, 0.6) is 0 Å². The number of carbonyl (C=O) groups is 2. The van der Waals surface area contributed by atoms with Crippen LogP contribution in [0.3, 0.4) is 0 Å². The highest BCUT2D eigenvalue weighted by Crippen LogP contribution is 2.22. The van der Waals surface area contributed by atoms with Gasteiger partial charge in [0.1, 0.15) is 0 Å². The topological polar surface area (TPSA) is 76.7 Å². The Balaban J connectivity index is 0.000000356. The number of halogens is 1. The van der Waals surface area contributed by atoms with Crippen molar-refractivity contribution >= 4 is 24.5 Å². The third-order valence-electron chi connectivity index (χ3n) is 6.43. The molecule has 2 aliphatic carbocycles. The van der Waals surface area contributed by atoms with Crippen molar-refractivity contribution in [3.63, 3.8) is 0 Å². The minimum atomic E-state index is -0.737. The number of ether oxygens (including phenoxy) is 1. The molecule has 0 radical (unpaired) electrons. The van der Waals surface area contributed by atoms with Crippen molar-refractivity contribution in [2.75, 3.05) is 6.61 Å². The third kappa shape index (κ3) is 13.2. The number of benzene rings is 1. The van der Waals surface area contributed by atoms with Crippen molar-refractivity contribution in [2.24, 2.45) is 5.92 Å². The second kappa shape index (κ2) is 18.5. The summed E-state index contributed by atoms with van der Waals surface area (Å²) in [5, 5.41) is 3.86. The van der Waals surface area contributed by atoms with Crippen LogP contribution in [0.25, 0.3) is 0 Å². The van der Waals surface area contributed by atoms with E-state index in [0.717, 1.165) is 30.5 Å². The molecule has 1 amide bonds. The zero-order valence-corrected chi connectivity index (χ0v) is 21.9. The van der Waals surface area contributed by atoms with Crippen molar-refractivity contribution < 1.29 is 19.2 Å². The van der Waals surface area contributed by atoms with E-state index in [0.29, 0.717) is 13.0 Å². The van der Waals surface area contributed by atoms with E-state index < -0.39 is 12.1 Å². The van der Waals surface area contributed by atoms with E-state index in [9.17, 15) is 9.59 Å². The monoisotopic (exact) mass is 496 g/mol. The zero-order chi connectivity index (χ0) is 23.7. The van der Waals surface area contributed by atoms with Crippen LogP contribution in [0.15, 0.2) is 30.3 Å². The SMILES string of the molecule is C1CCC(NC2CCCCC2)CC1.CCCCOC(=O)NOC(=O)C(C)Cc1ccccc1.Cl. The van der Waals surface area contributed by atoms with Crippen LogP contribution in [0.1, 0.15) is 96.5 Å². The van der Waals surface area contributed by atoms with Crippen LogP contribution in [-0.2, 0) is 20.8 Å². The molecular formula is C27H45ClN2O4. The van der Waals surface area contributed by atoms with Crippen molar-refractivity contribution in [1.29, 1.82) is 0 Å². The molecule has 1 unspecified atom stereocenters. The molecule has 2 aliphatic rings. The van der Waals surface area contributed by atoms with E-state index in [2.05, 4.69) is 5.32 Å². The van der Waals surface area contributed by atoms with Crippen LogP contribution in [0, 0.1) is 5.92 Å². The summed E-state index contributed by atoms with van der Waals surface area (Å²) in [6.45, 7) is 4.06. The first-order valence-electron chi connectivity index (χ1n) is 13.0. The average molecular weight is 497 g/mol. The Labute approximate surface area is 212 Å². The average Bonchev–Trinajstić information content (AvgIpc) is 2.85. The van der Waals surface area contributed by atoms with Crippen molar-refractivity contribution in [3.8, 4) is 0 Å². The molecule has 0 bridgehead atoms. The molecule has 0 heterocycles. The molecule has 6 nitrogen and oxygen atoms in total. The first-order chi connectivity index (χ1) is 16.1. The number of carbonyl (C=O) groups excluding carboxylic acids is 2. The van der Waals surface area contributed by atoms with Crippen molar-refractivity contribution in [3.05, 3.63) is 35.9 Å². The lowest BCUT2D eigenvalue weighted by Crippen LogP contribution is -2.40. The summed E-state index contributed by atoms with van der Waals surface area (Å²) in [6.07, 6.45) is 16.1. The van der Waals surface area contributed by atoms with Gasteiger partial charge in [-0.15, -0.1) is 17.9 Å². The predicted molar refractivity (Wildman–Crippen MR) is 139 cm³/mol. The number of hydrogen-bond donors (Lipinski definition) is 2. The zero-order valence-electron chi connectivity index (χ0n) is 21.1. The smallest absolute Gasteiger partial charge is 0.440 e. The molecule has 2 saturated carbocycles. The highest BCUT2D eigenvalue weighted by atomic mass is 35.5. The number of hydrogen-bond acceptors (Lipinski definition) is 5. The lowest BCUT2D eigenvalue weighted by molar-refractivity contribution is -0.154. The summed E-state index contributed by atoms with van der Waals surface area (Å²) in [7, 11) is 0. The summed E-state index contributed by atoms with van der Waals surface area (Å²) in [4.78, 5) is 27.6. The number of amides is 1. The lowest BCUT2D eigenvalue weighted by Gasteiger charge is -2.30. The molecule has 1 aromatic rings. The van der Waals surface area contributed by atoms with Gasteiger partial charge in [0.2, 0.25) is 0 Å². The molecule has 2 N–H and O–H groups in total. The van der Waals surface area contributed by atoms with Gasteiger partial charge in [-0.05, 0) is 44.1 Å². The molecule has 0 spiro atoms. The van der Waals surface area contributed by atoms with Gasteiger partial charge in [0.05, 0.1) is 12.5 Å². The van der Waals surface area contributed by atoms with E-state index in [1.807, 2.05) is 42.7 Å². The van der Waals surface area contributed by atoms with Gasteiger partial charge in [0, 0.05) is 12.1 Å². The van der Waals surface area contributed by atoms with Crippen LogP contribution in [0.2, 0.25) is 0 Å². The predicted octanol–water partition coefficient (Wildman–Crippen LogP) is 6.51. The third-order valence-corrected chi connectivity index (χ3v) is 6.43. The van der Waals surface area contributed by atoms with Gasteiger partial charge in [0.25, 0.3) is 0 Å². The Morgan fingerprint density at radius 3 is 2.03 bits per heavy atom. The Hall–Kier alpha value is -1.79. The fourth-order valence-corrected chi connectivity index (χ4v) is 4.45. The van der Waals surface area contributed by atoms with Crippen molar-refractivity contribution in [1.82, 2.24) is 10.8 Å². The maximum Gasteiger partial charge on any atom is 0.440 e. The normalized spacial score (nSPS) is 17.4. The number of rotatable bonds is 8. The Bertz CT molecular complexity index is 646. The molecular weight excluding hydrogens is 452 g/mol. The van der Waals surface area contributed by atoms with Gasteiger partial charge >= 0.3 is 12.1 Å². The summed E-state index contributed by atoms with van der Waals surface area (Å²) >= 11 is 0. The van der Waals surface area contributed by atoms with Crippen molar-refractivity contribution in [2.45, 2.75) is 109 Å². The van der Waals surface area contributed by atoms with Gasteiger partial charge in [-0.3, -0.25) is 0 Å². The van der Waals surface area contributed by atoms with Gasteiger partial charge in [-0.1, -0.05) is 89.1 Å². The van der Waals surface area contributed by atoms with Gasteiger partial charge < -0.3 is 14.9 Å². The van der Waals surface area contributed by atoms with E-state index in [4.69, 9.17) is 9.57 Å². The Kier molecular flexibility index (Phi) is 16.5. The maximum atomic E-state index is 11.7. The molecule has 3 rings (SSSR count). The Morgan fingerprint density at radius 2 is 1.50 bits per heavy atom. The first kappa shape index (κ1) is 30.2. The number of hydroxylamine groups is 1. The van der Waals surface area contributed by atoms with Crippen LogP contribution in [-0.4, -0.2) is 30.8 Å². The van der Waals surface area contributed by atoms with E-state index >= 15 is 0 Å². The molecule has 0 aliphatic heterocycles. The molecule has 1 aromatic carbocycles. The summed E-state index contributed by atoms with van der Waals surface area (Å²) in [6, 6.07) is 11.4. The fraction of sp³-hybridized carbons (Fsp3) is 0.704. The lowest BCUT2D eigenvalue weighted by atomic mass is 9.91. The number of nitrogens with one attached hydrogen (secondary N) is 2. The molecule has 194 valence electrons. The molecule has 0 aromatic heterocycles. The summed E-state index contributed by atoms with van der Waals surface area (Å²) in [5.41, 5.74) is 3.04. The first-order valence-corrected chi connectivity index (χ1v) is 13.0. The molecule has 34 heavy (non-hydrogen) atoms. The van der Waals surface area contributed by atoms with Crippen LogP contribution >= 0.6 is 12.4 Å². The second-order valence-electron chi connectivity index (χ2n) is 9.44. The Morgan fingerprint density at radius 1 is 0.941 bits per heavy atom. The minimum Gasteiger partial charge on any atom is -0.447 e. The number of unbranched alkanes of at least 4 members (excludes halogenated alkanes) is 1. The molecule has 2 fully saturated rings. The van der Waals surface area contributed by atoms with Gasteiger partial charge in [-0.2, -0.15) is 0 Å². The van der Waals surface area contributed by atoms with E-state index in [1.54, 1.807) is 6.92 Å². The minimum absolute atomic E-state index is 0. The summed E-state index contributed by atoms with van der Waals surface area (Å²) in [5.74, 6) is -0.824. The largest absolute Gasteiger partial charge is 0.447 e. The second-order valence-corrected chi connectivity index (χ2v) is 9.44. The van der Waals surface area contributed by atoms with Crippen LogP contribution in [0.4, 0.5) is 4.79 Å². The van der Waals surface area contributed by atoms with Gasteiger partial charge in [-0.25, -0.2) is 9.59 Å². The van der Waals surface area contributed by atoms with Crippen LogP contribution < -0.4 is 10.8 Å². The highest BCUT2D eigenvalue weighted by molar-refractivity contribution is 5.85. The van der Waals surface area contributed by atoms with E-state index in [1.165, 1.54) is 64.2 Å². The molecule has 1 atom stereocenters. The summed E-state index contributed by atoms with van der Waals surface area (Å²) < 4.78 is 4.80. The molecule has 0 saturated heterocycles. The highest BCUT2D eigenvalue weighted by Gasteiger charge is 2.19. The maximum absolute atomic E-state index is 11.7. The molecule has 7 heteroatoms. The van der Waals surface area contributed by atoms with Gasteiger partial charge in [0.15, 0.2) is 0 Å². The standard InChI is InChI=1S/C15H21NO4.C12H23N.ClH/c1-3-4-10-19-15(18)16-20-14(17)12(2)11-13-8-6-5-7-9-13;1-3-7-11(8-4-1)13-12-9-5-2-6-10-12;/h5-9,12H,3-4,10-11H2,1-2H3,(H,16,18);11-13H,1-10H2;1H. The fourth-order valence-electron chi connectivity index (χ4n) is 4.45. The van der Waals surface area contributed by atoms with E-state index in [-0.39, 0.29) is 18.3 Å². The quantitative estimate of drug-likeness (QED) is 0.316.